The highest BCUT2D eigenvalue weighted by Crippen LogP contribution is 2.45. The van der Waals surface area contributed by atoms with E-state index >= 15 is 0 Å². The molecular weight excluding hydrogens is 863 g/mol. The summed E-state index contributed by atoms with van der Waals surface area (Å²) < 4.78 is 12.2. The van der Waals surface area contributed by atoms with E-state index in [9.17, 15) is 0 Å². The first-order chi connectivity index (χ1) is 35.3. The van der Waals surface area contributed by atoms with E-state index in [2.05, 4.69) is 272 Å². The van der Waals surface area contributed by atoms with Gasteiger partial charge < -0.3 is 22.8 Å². The summed E-state index contributed by atoms with van der Waals surface area (Å²) in [7, 11) is 0. The van der Waals surface area contributed by atoms with Crippen molar-refractivity contribution in [2.24, 2.45) is 0 Å². The summed E-state index contributed by atoms with van der Waals surface area (Å²) in [5.74, 6) is 0. The second-order valence-electron chi connectivity index (χ2n) is 18.9. The van der Waals surface area contributed by atoms with E-state index in [1.165, 1.54) is 104 Å². The van der Waals surface area contributed by atoms with Crippen molar-refractivity contribution in [3.8, 4) is 39.6 Å². The van der Waals surface area contributed by atoms with Crippen LogP contribution in [0.1, 0.15) is 0 Å². The summed E-state index contributed by atoms with van der Waals surface area (Å²) in [6.07, 6.45) is 0. The zero-order valence-electron chi connectivity index (χ0n) is 38.4. The molecule has 0 radical (unpaired) electrons. The minimum atomic E-state index is 1.12. The van der Waals surface area contributed by atoms with Crippen LogP contribution in [0.2, 0.25) is 0 Å². The van der Waals surface area contributed by atoms with Crippen LogP contribution in [0.15, 0.2) is 249 Å². The first kappa shape index (κ1) is 38.4. The van der Waals surface area contributed by atoms with Gasteiger partial charge in [0.15, 0.2) is 0 Å². The lowest BCUT2D eigenvalue weighted by molar-refractivity contribution is 1.15. The SMILES string of the molecule is c1ccc(-n2c3ccccc3c3cc(-n4c5cccc6c5c5c4cccc5n6-c4ccccc4-c4cccc(-n5c6ccccc6c6ccc(-n7c8ccccc8c8ccccc87)cc65)c4)ccc32)cc1. The van der Waals surface area contributed by atoms with Crippen molar-refractivity contribution in [1.82, 2.24) is 22.8 Å². The topological polar surface area (TPSA) is 24.6 Å². The summed E-state index contributed by atoms with van der Waals surface area (Å²) >= 11 is 0. The average molecular weight is 904 g/mol. The Hall–Kier alpha value is -9.58. The van der Waals surface area contributed by atoms with Gasteiger partial charge in [-0.1, -0.05) is 140 Å². The van der Waals surface area contributed by atoms with Crippen LogP contribution in [0, 0.1) is 0 Å². The zero-order chi connectivity index (χ0) is 46.3. The Labute approximate surface area is 407 Å². The molecule has 5 heteroatoms. The predicted molar refractivity (Wildman–Crippen MR) is 297 cm³/mol. The van der Waals surface area contributed by atoms with E-state index in [4.69, 9.17) is 0 Å². The Morgan fingerprint density at radius 2 is 0.592 bits per heavy atom. The summed E-state index contributed by atoms with van der Waals surface area (Å²) in [6.45, 7) is 0. The molecule has 330 valence electrons. The van der Waals surface area contributed by atoms with Gasteiger partial charge in [-0.15, -0.1) is 0 Å². The third-order valence-electron chi connectivity index (χ3n) is 15.2. The maximum Gasteiger partial charge on any atom is 0.0563 e. The van der Waals surface area contributed by atoms with Gasteiger partial charge in [0, 0.05) is 71.4 Å². The molecule has 0 amide bonds. The number of para-hydroxylation sites is 6. The average Bonchev–Trinajstić information content (AvgIpc) is 4.23. The highest BCUT2D eigenvalue weighted by Gasteiger charge is 2.25. The predicted octanol–water partition coefficient (Wildman–Crippen LogP) is 17.1. The second kappa shape index (κ2) is 14.5. The lowest BCUT2D eigenvalue weighted by Crippen LogP contribution is -2.00. The van der Waals surface area contributed by atoms with E-state index in [0.29, 0.717) is 0 Å². The van der Waals surface area contributed by atoms with Crippen molar-refractivity contribution in [2.75, 3.05) is 0 Å². The maximum absolute atomic E-state index is 2.49. The summed E-state index contributed by atoms with van der Waals surface area (Å²) in [6, 6.07) is 91.4. The van der Waals surface area contributed by atoms with Crippen molar-refractivity contribution in [2.45, 2.75) is 0 Å². The van der Waals surface area contributed by atoms with Gasteiger partial charge in [-0.25, -0.2) is 0 Å². The lowest BCUT2D eigenvalue weighted by Gasteiger charge is -2.17. The summed E-state index contributed by atoms with van der Waals surface area (Å²) in [5, 5.41) is 10.0. The Bertz CT molecular complexity index is 4700. The van der Waals surface area contributed by atoms with Crippen LogP contribution in [0.4, 0.5) is 0 Å². The molecule has 5 heterocycles. The van der Waals surface area contributed by atoms with E-state index in [0.717, 1.165) is 34.0 Å². The van der Waals surface area contributed by atoms with Gasteiger partial charge in [0.25, 0.3) is 0 Å². The monoisotopic (exact) mass is 903 g/mol. The van der Waals surface area contributed by atoms with Gasteiger partial charge >= 0.3 is 0 Å². The van der Waals surface area contributed by atoms with E-state index < -0.39 is 0 Å². The van der Waals surface area contributed by atoms with Gasteiger partial charge in [-0.3, -0.25) is 0 Å². The molecular formula is C66H41N5. The van der Waals surface area contributed by atoms with Crippen molar-refractivity contribution in [1.29, 1.82) is 0 Å². The minimum absolute atomic E-state index is 1.12. The number of nitrogens with zero attached hydrogens (tertiary/aromatic N) is 5. The molecule has 11 aromatic carbocycles. The number of hydrogen-bond donors (Lipinski definition) is 0. The van der Waals surface area contributed by atoms with Crippen LogP contribution >= 0.6 is 0 Å². The van der Waals surface area contributed by atoms with Crippen LogP contribution in [0.25, 0.3) is 138 Å². The Morgan fingerprint density at radius 1 is 0.197 bits per heavy atom. The number of benzene rings is 11. The first-order valence-corrected chi connectivity index (χ1v) is 24.4. The van der Waals surface area contributed by atoms with Crippen LogP contribution < -0.4 is 0 Å². The van der Waals surface area contributed by atoms with Crippen LogP contribution in [0.5, 0.6) is 0 Å². The van der Waals surface area contributed by atoms with Gasteiger partial charge in [0.2, 0.25) is 0 Å². The van der Waals surface area contributed by atoms with Gasteiger partial charge in [0.1, 0.15) is 0 Å². The second-order valence-corrected chi connectivity index (χ2v) is 18.9. The molecule has 0 saturated heterocycles. The number of hydrogen-bond acceptors (Lipinski definition) is 0. The maximum atomic E-state index is 2.49. The standard InChI is InChI=1S/C66H41N5/c1-2-18-43(19-3-1)67-58-30-13-8-25-51(58)53-40-45(36-38-59(53)67)70-60-31-15-33-62-65(60)66-61(70)32-16-34-63(66)71(62)54-26-9-4-21-47(54)42-17-14-20-44(39-42)69-57-29-12-7-24-50(57)52-37-35-46(41-64(52)69)68-55-27-10-5-22-48(55)49-23-6-11-28-56(49)68/h1-41H. The van der Waals surface area contributed by atoms with Crippen LogP contribution in [-0.4, -0.2) is 22.8 Å². The van der Waals surface area contributed by atoms with Gasteiger partial charge in [-0.05, 0) is 115 Å². The lowest BCUT2D eigenvalue weighted by atomic mass is 10.0. The van der Waals surface area contributed by atoms with Crippen molar-refractivity contribution in [3.05, 3.63) is 249 Å². The number of rotatable bonds is 6. The van der Waals surface area contributed by atoms with Gasteiger partial charge in [0.05, 0.1) is 60.9 Å². The molecule has 5 nitrogen and oxygen atoms in total. The molecule has 16 aromatic rings. The van der Waals surface area contributed by atoms with Gasteiger partial charge in [-0.2, -0.15) is 0 Å². The fraction of sp³-hybridized carbons (Fsp3) is 0. The third kappa shape index (κ3) is 5.29. The van der Waals surface area contributed by atoms with E-state index in [1.54, 1.807) is 0 Å². The quantitative estimate of drug-likeness (QED) is 0.159. The molecule has 0 fully saturated rings. The molecule has 0 aliphatic rings. The highest BCUT2D eigenvalue weighted by atomic mass is 15.0. The van der Waals surface area contributed by atoms with E-state index in [-0.39, 0.29) is 0 Å². The third-order valence-corrected chi connectivity index (χ3v) is 15.2. The fourth-order valence-electron chi connectivity index (χ4n) is 12.4. The van der Waals surface area contributed by atoms with Crippen LogP contribution in [-0.2, 0) is 0 Å². The highest BCUT2D eigenvalue weighted by molar-refractivity contribution is 6.26. The molecule has 0 spiro atoms. The smallest absolute Gasteiger partial charge is 0.0563 e. The molecule has 0 unspecified atom stereocenters. The molecule has 0 saturated carbocycles. The normalized spacial score (nSPS) is 12.2. The first-order valence-electron chi connectivity index (χ1n) is 24.4. The molecule has 0 N–H and O–H groups in total. The number of fused-ring (bicyclic) bond motifs is 9. The summed E-state index contributed by atoms with van der Waals surface area (Å²) in [4.78, 5) is 0. The summed E-state index contributed by atoms with van der Waals surface area (Å²) in [5.41, 5.74) is 20.0. The number of aromatic nitrogens is 5. The van der Waals surface area contributed by atoms with Crippen molar-refractivity contribution >= 4 is 98.3 Å². The fourth-order valence-corrected chi connectivity index (χ4v) is 12.4. The molecule has 71 heavy (non-hydrogen) atoms. The van der Waals surface area contributed by atoms with E-state index in [1.807, 2.05) is 0 Å². The molecule has 0 atom stereocenters. The Morgan fingerprint density at radius 3 is 1.23 bits per heavy atom. The molecule has 0 aliphatic carbocycles. The Balaban J connectivity index is 0.862. The molecule has 5 aromatic heterocycles. The van der Waals surface area contributed by atoms with Crippen LogP contribution in [0.3, 0.4) is 0 Å². The molecule has 0 bridgehead atoms. The van der Waals surface area contributed by atoms with Crippen molar-refractivity contribution in [3.63, 3.8) is 0 Å². The molecule has 0 aliphatic heterocycles. The molecule has 16 rings (SSSR count). The largest absolute Gasteiger partial charge is 0.309 e. The zero-order valence-corrected chi connectivity index (χ0v) is 38.4. The minimum Gasteiger partial charge on any atom is -0.309 e. The Kier molecular flexibility index (Phi) is 7.82. The van der Waals surface area contributed by atoms with Crippen molar-refractivity contribution < 1.29 is 0 Å².